The minimum Gasteiger partial charge on any atom is -0.340 e. The predicted molar refractivity (Wildman–Crippen MR) is 73.2 cm³/mol. The molecule has 0 radical (unpaired) electrons. The molecule has 94 valence electrons. The molecular weight excluding hydrogens is 224 g/mol. The number of nitrogens with two attached hydrogens (primary N) is 1. The predicted octanol–water partition coefficient (Wildman–Crippen LogP) is 1.88. The van der Waals surface area contributed by atoms with E-state index in [1.54, 1.807) is 12.4 Å². The Morgan fingerprint density at radius 1 is 1.17 bits per heavy atom. The number of nitrogens with zero attached hydrogens (tertiary/aromatic N) is 3. The zero-order valence-electron chi connectivity index (χ0n) is 10.8. The van der Waals surface area contributed by atoms with E-state index in [0.29, 0.717) is 6.54 Å². The molecule has 0 amide bonds. The molecule has 0 aliphatic rings. The lowest BCUT2D eigenvalue weighted by atomic mass is 10.1. The summed E-state index contributed by atoms with van der Waals surface area (Å²) < 4.78 is 0. The van der Waals surface area contributed by atoms with Gasteiger partial charge in [0.1, 0.15) is 0 Å². The fourth-order valence-corrected chi connectivity index (χ4v) is 1.76. The van der Waals surface area contributed by atoms with Gasteiger partial charge in [-0.1, -0.05) is 24.3 Å². The zero-order valence-corrected chi connectivity index (χ0v) is 10.8. The topological polar surface area (TPSA) is 55.0 Å². The van der Waals surface area contributed by atoms with E-state index < -0.39 is 0 Å². The summed E-state index contributed by atoms with van der Waals surface area (Å²) in [7, 11) is 1.99. The Hall–Kier alpha value is -1.94. The lowest BCUT2D eigenvalue weighted by Crippen LogP contribution is -2.19. The molecule has 0 aliphatic carbocycles. The van der Waals surface area contributed by atoms with Gasteiger partial charge < -0.3 is 10.6 Å². The van der Waals surface area contributed by atoms with Crippen LogP contribution in [0.1, 0.15) is 16.7 Å². The van der Waals surface area contributed by atoms with Crippen LogP contribution in [0.15, 0.2) is 36.7 Å². The first kappa shape index (κ1) is 12.5. The van der Waals surface area contributed by atoms with Crippen LogP contribution in [-0.4, -0.2) is 17.0 Å². The summed E-state index contributed by atoms with van der Waals surface area (Å²) in [6.07, 6.45) is 3.55. The van der Waals surface area contributed by atoms with Gasteiger partial charge in [-0.3, -0.25) is 0 Å². The van der Waals surface area contributed by atoms with E-state index in [1.807, 2.05) is 18.0 Å². The molecule has 18 heavy (non-hydrogen) atoms. The van der Waals surface area contributed by atoms with Crippen LogP contribution in [0.3, 0.4) is 0 Å². The third-order valence-electron chi connectivity index (χ3n) is 2.94. The summed E-state index contributed by atoms with van der Waals surface area (Å²) in [5, 5.41) is 0. The van der Waals surface area contributed by atoms with Gasteiger partial charge in [-0.25, -0.2) is 9.97 Å². The molecule has 1 heterocycles. The van der Waals surface area contributed by atoms with Crippen LogP contribution in [0.2, 0.25) is 0 Å². The highest BCUT2D eigenvalue weighted by Crippen LogP contribution is 2.13. The largest absolute Gasteiger partial charge is 0.340 e. The Balaban J connectivity index is 2.11. The molecule has 1 aromatic carbocycles. The molecule has 0 spiro atoms. The molecule has 0 atom stereocenters. The molecule has 4 heteroatoms. The van der Waals surface area contributed by atoms with Gasteiger partial charge in [0.05, 0.1) is 0 Å². The maximum absolute atomic E-state index is 5.53. The van der Waals surface area contributed by atoms with Crippen LogP contribution in [0.5, 0.6) is 0 Å². The fraction of sp³-hybridized carbons (Fsp3) is 0.286. The van der Waals surface area contributed by atoms with E-state index in [2.05, 4.69) is 35.1 Å². The Bertz CT molecular complexity index is 507. The molecule has 0 bridgehead atoms. The smallest absolute Gasteiger partial charge is 0.225 e. The van der Waals surface area contributed by atoms with Crippen molar-refractivity contribution >= 4 is 5.95 Å². The number of aryl methyl sites for hydroxylation is 1. The minimum atomic E-state index is 0.474. The van der Waals surface area contributed by atoms with Gasteiger partial charge in [-0.15, -0.1) is 0 Å². The molecule has 0 saturated heterocycles. The van der Waals surface area contributed by atoms with Crippen molar-refractivity contribution in [1.82, 2.24) is 9.97 Å². The minimum absolute atomic E-state index is 0.474. The van der Waals surface area contributed by atoms with Crippen molar-refractivity contribution in [2.75, 3.05) is 11.9 Å². The zero-order chi connectivity index (χ0) is 13.0. The summed E-state index contributed by atoms with van der Waals surface area (Å²) in [4.78, 5) is 10.7. The van der Waals surface area contributed by atoms with Gasteiger partial charge in [-0.05, 0) is 18.1 Å². The standard InChI is InChI=1S/C14H18N4/c1-11-5-3-4-6-13(11)10-18(2)14-16-8-12(7-15)9-17-14/h3-6,8-9H,7,10,15H2,1-2H3. The summed E-state index contributed by atoms with van der Waals surface area (Å²) in [6, 6.07) is 8.33. The normalized spacial score (nSPS) is 10.4. The molecule has 4 nitrogen and oxygen atoms in total. The molecule has 1 aromatic heterocycles. The maximum Gasteiger partial charge on any atom is 0.225 e. The van der Waals surface area contributed by atoms with Crippen molar-refractivity contribution < 1.29 is 0 Å². The second-order valence-corrected chi connectivity index (χ2v) is 4.38. The van der Waals surface area contributed by atoms with Crippen molar-refractivity contribution in [2.45, 2.75) is 20.0 Å². The fourth-order valence-electron chi connectivity index (χ4n) is 1.76. The van der Waals surface area contributed by atoms with Crippen molar-refractivity contribution in [3.63, 3.8) is 0 Å². The second kappa shape index (κ2) is 5.60. The van der Waals surface area contributed by atoms with Gasteiger partial charge in [0.15, 0.2) is 0 Å². The van der Waals surface area contributed by atoms with Crippen LogP contribution in [0.4, 0.5) is 5.95 Å². The molecule has 0 unspecified atom stereocenters. The average molecular weight is 242 g/mol. The quantitative estimate of drug-likeness (QED) is 0.889. The number of hydrogen-bond donors (Lipinski definition) is 1. The van der Waals surface area contributed by atoms with Crippen LogP contribution < -0.4 is 10.6 Å². The van der Waals surface area contributed by atoms with E-state index in [0.717, 1.165) is 18.1 Å². The Kier molecular flexibility index (Phi) is 3.89. The highest BCUT2D eigenvalue weighted by atomic mass is 15.2. The highest BCUT2D eigenvalue weighted by molar-refractivity contribution is 5.34. The van der Waals surface area contributed by atoms with Crippen molar-refractivity contribution in [1.29, 1.82) is 0 Å². The van der Waals surface area contributed by atoms with Gasteiger partial charge in [0.2, 0.25) is 5.95 Å². The molecule has 0 aliphatic heterocycles. The monoisotopic (exact) mass is 242 g/mol. The number of benzene rings is 1. The van der Waals surface area contributed by atoms with E-state index in [1.165, 1.54) is 11.1 Å². The molecular formula is C14H18N4. The molecule has 0 saturated carbocycles. The third-order valence-corrected chi connectivity index (χ3v) is 2.94. The van der Waals surface area contributed by atoms with Crippen LogP contribution in [0.25, 0.3) is 0 Å². The summed E-state index contributed by atoms with van der Waals surface area (Å²) in [5.41, 5.74) is 9.04. The third kappa shape index (κ3) is 2.84. The van der Waals surface area contributed by atoms with Crippen LogP contribution in [0, 0.1) is 6.92 Å². The van der Waals surface area contributed by atoms with Gasteiger partial charge >= 0.3 is 0 Å². The molecule has 2 N–H and O–H groups in total. The molecule has 2 aromatic rings. The maximum atomic E-state index is 5.53. The van der Waals surface area contributed by atoms with Crippen LogP contribution >= 0.6 is 0 Å². The second-order valence-electron chi connectivity index (χ2n) is 4.38. The number of rotatable bonds is 4. The van der Waals surface area contributed by atoms with E-state index >= 15 is 0 Å². The lowest BCUT2D eigenvalue weighted by molar-refractivity contribution is 0.853. The van der Waals surface area contributed by atoms with E-state index in [9.17, 15) is 0 Å². The van der Waals surface area contributed by atoms with Gasteiger partial charge in [0.25, 0.3) is 0 Å². The average Bonchev–Trinajstić information content (AvgIpc) is 2.41. The van der Waals surface area contributed by atoms with E-state index in [4.69, 9.17) is 5.73 Å². The summed E-state index contributed by atoms with van der Waals surface area (Å²) in [6.45, 7) is 3.39. The lowest BCUT2D eigenvalue weighted by Gasteiger charge is -2.18. The number of hydrogen-bond acceptors (Lipinski definition) is 4. The SMILES string of the molecule is Cc1ccccc1CN(C)c1ncc(CN)cn1. The first-order valence-corrected chi connectivity index (χ1v) is 5.97. The summed E-state index contributed by atoms with van der Waals surface area (Å²) >= 11 is 0. The van der Waals surface area contributed by atoms with Crippen LogP contribution in [-0.2, 0) is 13.1 Å². The Morgan fingerprint density at radius 3 is 2.44 bits per heavy atom. The first-order valence-electron chi connectivity index (χ1n) is 5.97. The van der Waals surface area contributed by atoms with Gasteiger partial charge in [-0.2, -0.15) is 0 Å². The Labute approximate surface area is 107 Å². The highest BCUT2D eigenvalue weighted by Gasteiger charge is 2.06. The van der Waals surface area contributed by atoms with Crippen molar-refractivity contribution in [2.24, 2.45) is 5.73 Å². The Morgan fingerprint density at radius 2 is 1.83 bits per heavy atom. The van der Waals surface area contributed by atoms with E-state index in [-0.39, 0.29) is 0 Å². The van der Waals surface area contributed by atoms with Gasteiger partial charge in [0, 0.05) is 38.1 Å². The molecule has 2 rings (SSSR count). The number of aromatic nitrogens is 2. The number of anilines is 1. The molecule has 0 fully saturated rings. The van der Waals surface area contributed by atoms with Crippen molar-refractivity contribution in [3.8, 4) is 0 Å². The summed E-state index contributed by atoms with van der Waals surface area (Å²) in [5.74, 6) is 0.718. The van der Waals surface area contributed by atoms with Crippen molar-refractivity contribution in [3.05, 3.63) is 53.3 Å². The first-order chi connectivity index (χ1) is 8.70.